The van der Waals surface area contributed by atoms with Gasteiger partial charge in [-0.05, 0) is 69.5 Å². The van der Waals surface area contributed by atoms with E-state index >= 15 is 0 Å². The highest BCUT2D eigenvalue weighted by molar-refractivity contribution is 7.92. The third-order valence-electron chi connectivity index (χ3n) is 5.34. The first-order valence-electron chi connectivity index (χ1n) is 11.3. The molecule has 2 aromatic carbocycles. The van der Waals surface area contributed by atoms with Crippen LogP contribution in [0.2, 0.25) is 15.1 Å². The molecule has 2 aromatic rings. The van der Waals surface area contributed by atoms with Crippen LogP contribution in [0.15, 0.2) is 36.4 Å². The van der Waals surface area contributed by atoms with Crippen LogP contribution >= 0.6 is 34.8 Å². The minimum atomic E-state index is -3.85. The lowest BCUT2D eigenvalue weighted by molar-refractivity contribution is -0.141. The zero-order valence-electron chi connectivity index (χ0n) is 21.2. The van der Waals surface area contributed by atoms with Crippen molar-refractivity contribution < 1.29 is 18.0 Å². The number of benzene rings is 2. The Labute approximate surface area is 228 Å². The lowest BCUT2D eigenvalue weighted by atomic mass is 10.1. The number of rotatable bonds is 9. The van der Waals surface area contributed by atoms with Crippen LogP contribution in [-0.4, -0.2) is 49.5 Å². The van der Waals surface area contributed by atoms with Gasteiger partial charge in [0.05, 0.1) is 22.0 Å². The van der Waals surface area contributed by atoms with E-state index in [1.54, 1.807) is 44.2 Å². The van der Waals surface area contributed by atoms with Crippen LogP contribution in [0.3, 0.4) is 0 Å². The Balaban J connectivity index is 2.50. The minimum Gasteiger partial charge on any atom is -0.350 e. The Morgan fingerprint density at radius 3 is 2.14 bits per heavy atom. The number of amides is 2. The number of sulfonamides is 1. The van der Waals surface area contributed by atoms with Gasteiger partial charge in [-0.3, -0.25) is 13.9 Å². The van der Waals surface area contributed by atoms with Gasteiger partial charge < -0.3 is 10.2 Å². The summed E-state index contributed by atoms with van der Waals surface area (Å²) in [7, 11) is -3.85. The lowest BCUT2D eigenvalue weighted by Gasteiger charge is -2.34. The third kappa shape index (κ3) is 8.26. The zero-order valence-corrected chi connectivity index (χ0v) is 24.3. The maximum absolute atomic E-state index is 13.7. The van der Waals surface area contributed by atoms with Crippen molar-refractivity contribution in [2.24, 2.45) is 0 Å². The Hall–Kier alpha value is -2.00. The van der Waals surface area contributed by atoms with Crippen LogP contribution in [0.4, 0.5) is 5.69 Å². The number of anilines is 1. The molecule has 1 unspecified atom stereocenters. The summed E-state index contributed by atoms with van der Waals surface area (Å²) in [6.45, 7) is 8.62. The van der Waals surface area contributed by atoms with Gasteiger partial charge in [-0.1, -0.05) is 53.9 Å². The van der Waals surface area contributed by atoms with E-state index in [-0.39, 0.29) is 18.1 Å². The molecule has 2 amide bonds. The normalized spacial score (nSPS) is 12.7. The Morgan fingerprint density at radius 2 is 1.64 bits per heavy atom. The number of hydrogen-bond donors (Lipinski definition) is 1. The molecule has 0 saturated heterocycles. The highest BCUT2D eigenvalue weighted by Crippen LogP contribution is 2.27. The summed E-state index contributed by atoms with van der Waals surface area (Å²) < 4.78 is 26.4. The van der Waals surface area contributed by atoms with E-state index in [2.05, 4.69) is 5.32 Å². The topological polar surface area (TPSA) is 86.8 Å². The van der Waals surface area contributed by atoms with Gasteiger partial charge in [-0.15, -0.1) is 0 Å². The fourth-order valence-electron chi connectivity index (χ4n) is 3.56. The average Bonchev–Trinajstić information content (AvgIpc) is 2.74. The van der Waals surface area contributed by atoms with Crippen molar-refractivity contribution in [3.8, 4) is 0 Å². The number of carbonyl (C=O) groups is 2. The third-order valence-corrected chi connectivity index (χ3v) is 7.63. The van der Waals surface area contributed by atoms with E-state index in [4.69, 9.17) is 34.8 Å². The Morgan fingerprint density at radius 1 is 1.00 bits per heavy atom. The second-order valence-electron chi connectivity index (χ2n) is 9.64. The van der Waals surface area contributed by atoms with Crippen LogP contribution in [0.5, 0.6) is 0 Å². The fourth-order valence-corrected chi connectivity index (χ4v) is 4.89. The van der Waals surface area contributed by atoms with Gasteiger partial charge >= 0.3 is 0 Å². The van der Waals surface area contributed by atoms with Crippen LogP contribution in [-0.2, 0) is 26.2 Å². The average molecular weight is 577 g/mol. The highest BCUT2D eigenvalue weighted by atomic mass is 35.5. The maximum Gasteiger partial charge on any atom is 0.244 e. The molecule has 0 spiro atoms. The van der Waals surface area contributed by atoms with Gasteiger partial charge in [0.2, 0.25) is 21.8 Å². The summed E-state index contributed by atoms with van der Waals surface area (Å²) >= 11 is 18.4. The first-order valence-corrected chi connectivity index (χ1v) is 14.3. The predicted molar refractivity (Wildman–Crippen MR) is 147 cm³/mol. The van der Waals surface area contributed by atoms with Gasteiger partial charge in [-0.25, -0.2) is 8.42 Å². The molecule has 0 aliphatic rings. The molecule has 11 heteroatoms. The molecule has 0 fully saturated rings. The largest absolute Gasteiger partial charge is 0.350 e. The Bertz CT molecular complexity index is 1230. The zero-order chi connectivity index (χ0) is 27.4. The van der Waals surface area contributed by atoms with Crippen molar-refractivity contribution in [2.45, 2.75) is 59.2 Å². The van der Waals surface area contributed by atoms with E-state index < -0.39 is 34.1 Å². The highest BCUT2D eigenvalue weighted by Gasteiger charge is 2.33. The number of nitrogens with zero attached hydrogens (tertiary/aromatic N) is 2. The van der Waals surface area contributed by atoms with E-state index in [1.807, 2.05) is 20.8 Å². The second-order valence-corrected chi connectivity index (χ2v) is 12.8. The van der Waals surface area contributed by atoms with Crippen molar-refractivity contribution in [1.29, 1.82) is 0 Å². The van der Waals surface area contributed by atoms with Crippen LogP contribution in [0.25, 0.3) is 0 Å². The number of aryl methyl sites for hydroxylation is 1. The molecule has 198 valence electrons. The number of hydrogen-bond acceptors (Lipinski definition) is 4. The molecule has 2 rings (SSSR count). The summed E-state index contributed by atoms with van der Waals surface area (Å²) in [5.74, 6) is -0.901. The second kappa shape index (κ2) is 12.0. The molecule has 1 N–H and O–H groups in total. The fraction of sp³-hybridized carbons (Fsp3) is 0.440. The smallest absolute Gasteiger partial charge is 0.244 e. The van der Waals surface area contributed by atoms with Crippen molar-refractivity contribution in [3.05, 3.63) is 62.6 Å². The molecule has 0 aliphatic carbocycles. The summed E-state index contributed by atoms with van der Waals surface area (Å²) in [5.41, 5.74) is 1.14. The maximum atomic E-state index is 13.7. The first kappa shape index (κ1) is 30.2. The molecular weight excluding hydrogens is 545 g/mol. The number of nitrogens with one attached hydrogen (secondary N) is 1. The van der Waals surface area contributed by atoms with Crippen LogP contribution < -0.4 is 9.62 Å². The first-order chi connectivity index (χ1) is 16.5. The summed E-state index contributed by atoms with van der Waals surface area (Å²) in [6, 6.07) is 8.84. The number of carbonyl (C=O) groups excluding carboxylic acids is 2. The molecule has 0 bridgehead atoms. The molecule has 0 saturated carbocycles. The van der Waals surface area contributed by atoms with Crippen molar-refractivity contribution in [3.63, 3.8) is 0 Å². The van der Waals surface area contributed by atoms with E-state index in [0.29, 0.717) is 27.1 Å². The Kier molecular flexibility index (Phi) is 10.1. The molecule has 0 aromatic heterocycles. The van der Waals surface area contributed by atoms with Gasteiger partial charge in [-0.2, -0.15) is 0 Å². The summed E-state index contributed by atoms with van der Waals surface area (Å²) in [4.78, 5) is 28.2. The van der Waals surface area contributed by atoms with Gasteiger partial charge in [0, 0.05) is 17.1 Å². The van der Waals surface area contributed by atoms with Crippen LogP contribution in [0.1, 0.15) is 45.2 Å². The van der Waals surface area contributed by atoms with Crippen molar-refractivity contribution >= 4 is 62.3 Å². The number of halogens is 3. The van der Waals surface area contributed by atoms with Crippen molar-refractivity contribution in [2.75, 3.05) is 17.1 Å². The standard InChI is InChI=1S/C25H32Cl3N3O4S/c1-7-22(24(33)29-25(3,4)5)30(14-17-9-11-19(26)21(28)12-17)23(32)15-31(36(6,34)35)18-10-8-16(2)20(27)13-18/h8-13,22H,7,14-15H2,1-6H3,(H,29,33). The quantitative estimate of drug-likeness (QED) is 0.430. The van der Waals surface area contributed by atoms with Crippen LogP contribution in [0, 0.1) is 6.92 Å². The van der Waals surface area contributed by atoms with E-state index in [9.17, 15) is 18.0 Å². The predicted octanol–water partition coefficient (Wildman–Crippen LogP) is 5.44. The molecule has 0 aliphatic heterocycles. The van der Waals surface area contributed by atoms with E-state index in [0.717, 1.165) is 16.1 Å². The van der Waals surface area contributed by atoms with Gasteiger partial charge in [0.15, 0.2) is 0 Å². The molecule has 1 atom stereocenters. The summed E-state index contributed by atoms with van der Waals surface area (Å²) in [5, 5.41) is 3.95. The summed E-state index contributed by atoms with van der Waals surface area (Å²) in [6.07, 6.45) is 1.32. The monoisotopic (exact) mass is 575 g/mol. The van der Waals surface area contributed by atoms with Gasteiger partial charge in [0.1, 0.15) is 12.6 Å². The van der Waals surface area contributed by atoms with E-state index in [1.165, 1.54) is 11.0 Å². The van der Waals surface area contributed by atoms with Crippen molar-refractivity contribution in [1.82, 2.24) is 10.2 Å². The molecule has 0 heterocycles. The molecule has 0 radical (unpaired) electrons. The SMILES string of the molecule is CCC(C(=O)NC(C)(C)C)N(Cc1ccc(Cl)c(Cl)c1)C(=O)CN(c1ccc(C)c(Cl)c1)S(C)(=O)=O. The molecule has 7 nitrogen and oxygen atoms in total. The molecular formula is C25H32Cl3N3O4S. The minimum absolute atomic E-state index is 0.0258. The lowest BCUT2D eigenvalue weighted by Crippen LogP contribution is -2.55. The molecule has 36 heavy (non-hydrogen) atoms. The van der Waals surface area contributed by atoms with Gasteiger partial charge in [0.25, 0.3) is 0 Å².